The van der Waals surface area contributed by atoms with E-state index in [0.717, 1.165) is 38.9 Å². The average Bonchev–Trinajstić information content (AvgIpc) is 0.765. The van der Waals surface area contributed by atoms with Crippen LogP contribution in [0.3, 0.4) is 0 Å². The first-order valence-electron chi connectivity index (χ1n) is 31.8. The molecule has 7 aromatic carbocycles. The zero-order chi connectivity index (χ0) is 63.5. The number of nitrogens with zero attached hydrogens (tertiary/aromatic N) is 3. The van der Waals surface area contributed by atoms with Crippen molar-refractivity contribution >= 4 is 11.0 Å². The van der Waals surface area contributed by atoms with Crippen LogP contribution in [0.2, 0.25) is 0 Å². The molecule has 1 N–H and O–H groups in total. The molecule has 0 bridgehead atoms. The Kier molecular flexibility index (Phi) is 8.15. The largest absolute Gasteiger partial charge is 0.507 e. The number of fused-ring (bicyclic) bond motifs is 1. The molecule has 0 amide bonds. The molecule has 69 heavy (non-hydrogen) atoms. The molecule has 0 fully saturated rings. The molecule has 0 aliphatic carbocycles. The van der Waals surface area contributed by atoms with Gasteiger partial charge in [0.05, 0.1) is 37.6 Å². The van der Waals surface area contributed by atoms with Crippen molar-refractivity contribution in [1.29, 1.82) is 0 Å². The van der Waals surface area contributed by atoms with E-state index in [2.05, 4.69) is 63.9 Å². The summed E-state index contributed by atoms with van der Waals surface area (Å²) in [6.45, 7) is 6.54. The third-order valence-electron chi connectivity index (χ3n) is 12.7. The van der Waals surface area contributed by atoms with Gasteiger partial charge in [0.15, 0.2) is 0 Å². The second-order valence-electron chi connectivity index (χ2n) is 19.7. The van der Waals surface area contributed by atoms with Crippen LogP contribution in [0.25, 0.3) is 83.9 Å². The number of rotatable bonds is 10. The van der Waals surface area contributed by atoms with E-state index in [9.17, 15) is 10.6 Å². The number of pyridine rings is 1. The van der Waals surface area contributed by atoms with E-state index in [0.29, 0.717) is 44.8 Å². The molecule has 348 valence electrons. The first-order chi connectivity index (χ1) is 39.8. The van der Waals surface area contributed by atoms with Gasteiger partial charge in [-0.15, -0.1) is 0 Å². The highest BCUT2D eigenvalue weighted by Crippen LogP contribution is 2.45. The molecule has 2 heterocycles. The Morgan fingerprint density at radius 3 is 1.93 bits per heavy atom. The molecule has 0 aliphatic rings. The van der Waals surface area contributed by atoms with E-state index in [-0.39, 0.29) is 34.3 Å². The average molecular weight is 923 g/mol. The van der Waals surface area contributed by atoms with E-state index >= 15 is 0 Å². The van der Waals surface area contributed by atoms with Crippen LogP contribution in [0, 0.1) is 0 Å². The SMILES string of the molecule is [2H]c1nc(-c2cc(-c3ccccc3)cc(-c3cccc4c3nc(-c3cc(C(C)C)cc(C(C)C)c3O)n4-c3ccc(C([2H])(C)C)cc3-c3ccc(C(C)(C)C)cc3)c2)c([2H])c(-c2c([2H])c([2H])c(C(C([2H])([2H])[2H])(C([2H])([2H])[2H])C([2H])([2H])[2H])c([2H])c2[2H])c1[2H]. The summed E-state index contributed by atoms with van der Waals surface area (Å²) in [7, 11) is 0. The fourth-order valence-electron chi connectivity index (χ4n) is 8.72. The van der Waals surface area contributed by atoms with E-state index in [1.807, 2.05) is 117 Å². The van der Waals surface area contributed by atoms with Gasteiger partial charge in [-0.3, -0.25) is 9.55 Å². The van der Waals surface area contributed by atoms with E-state index in [4.69, 9.17) is 22.8 Å². The molecule has 4 nitrogen and oxygen atoms in total. The van der Waals surface area contributed by atoms with Gasteiger partial charge in [-0.1, -0.05) is 186 Å². The molecule has 0 aliphatic heterocycles. The van der Waals surface area contributed by atoms with Gasteiger partial charge in [0, 0.05) is 36.6 Å². The van der Waals surface area contributed by atoms with E-state index in [1.54, 1.807) is 12.1 Å². The zero-order valence-corrected chi connectivity index (χ0v) is 40.5. The first kappa shape index (κ1) is 30.4. The second-order valence-corrected chi connectivity index (χ2v) is 19.7. The standard InChI is InChI=1S/C65H67N3O/c1-40(2)46-25-30-59(56(36-46)45-23-28-53(29-24-45)65(10,11)12)68-60-20-16-19-54(61(60)67-63(68)57-38-48(41(3)4)37-55(42(5)6)62(57)69)50-33-49(43-17-14-13-15-18-43)34-51(35-50)58-39-47(31-32-66-58)44-21-26-52(27-22-44)64(7,8)9/h13-42,69H,1-12H3/i7D3,8D3,9D3,21D,22D,26D,27D,31D,32D,39D,40D. The predicted octanol–water partition coefficient (Wildman–Crippen LogP) is 18.1. The van der Waals surface area contributed by atoms with Crippen LogP contribution in [0.4, 0.5) is 0 Å². The molecular weight excluding hydrogens is 839 g/mol. The normalized spacial score (nSPS) is 16.5. The second kappa shape index (κ2) is 18.5. The van der Waals surface area contributed by atoms with Crippen molar-refractivity contribution in [3.05, 3.63) is 192 Å². The van der Waals surface area contributed by atoms with E-state index < -0.39 is 91.0 Å². The van der Waals surface area contributed by atoms with Crippen LogP contribution in [0.5, 0.6) is 5.75 Å². The van der Waals surface area contributed by atoms with Crippen molar-refractivity contribution in [2.75, 3.05) is 0 Å². The molecule has 0 atom stereocenters. The summed E-state index contributed by atoms with van der Waals surface area (Å²) in [5, 5.41) is 12.5. The Bertz CT molecular complexity index is 4060. The first-order valence-corrected chi connectivity index (χ1v) is 23.3. The number of imidazole rings is 1. The molecule has 9 rings (SSSR count). The number of benzene rings is 7. The lowest BCUT2D eigenvalue weighted by molar-refractivity contribution is 0.466. The van der Waals surface area contributed by atoms with Gasteiger partial charge >= 0.3 is 0 Å². The summed E-state index contributed by atoms with van der Waals surface area (Å²) in [5.41, 5.74) is 3.17. The number of phenols is 1. The monoisotopic (exact) mass is 923 g/mol. The van der Waals surface area contributed by atoms with Gasteiger partial charge in [-0.05, 0) is 144 Å². The van der Waals surface area contributed by atoms with Gasteiger partial charge in [-0.25, -0.2) is 4.98 Å². The number of phenolic OH excluding ortho intramolecular Hbond substituents is 1. The Morgan fingerprint density at radius 1 is 0.565 bits per heavy atom. The summed E-state index contributed by atoms with van der Waals surface area (Å²) < 4.78 is 151. The van der Waals surface area contributed by atoms with Gasteiger partial charge in [0.1, 0.15) is 11.6 Å². The van der Waals surface area contributed by atoms with Crippen LogP contribution >= 0.6 is 0 Å². The maximum absolute atomic E-state index is 12.5. The predicted molar refractivity (Wildman–Crippen MR) is 293 cm³/mol. The molecule has 4 heteroatoms. The molecule has 9 aromatic rings. The summed E-state index contributed by atoms with van der Waals surface area (Å²) >= 11 is 0. The maximum Gasteiger partial charge on any atom is 0.149 e. The van der Waals surface area contributed by atoms with Crippen LogP contribution < -0.4 is 0 Å². The van der Waals surface area contributed by atoms with Crippen molar-refractivity contribution in [1.82, 2.24) is 14.5 Å². The Hall–Kier alpha value is -7.04. The molecule has 0 unspecified atom stereocenters. The number of hydrogen-bond donors (Lipinski definition) is 1. The van der Waals surface area contributed by atoms with Crippen LogP contribution in [0.15, 0.2) is 164 Å². The molecule has 2 aromatic heterocycles. The van der Waals surface area contributed by atoms with Crippen LogP contribution in [0.1, 0.15) is 152 Å². The molecular formula is C65H67N3O. The smallest absolute Gasteiger partial charge is 0.149 e. The highest BCUT2D eigenvalue weighted by Gasteiger charge is 2.26. The topological polar surface area (TPSA) is 50.9 Å². The van der Waals surface area contributed by atoms with Gasteiger partial charge < -0.3 is 5.11 Å². The lowest BCUT2D eigenvalue weighted by atomic mass is 9.86. The number of aromatic nitrogens is 3. The zero-order valence-electron chi connectivity index (χ0n) is 57.5. The highest BCUT2D eigenvalue weighted by molar-refractivity contribution is 5.98. The summed E-state index contributed by atoms with van der Waals surface area (Å²) in [6.07, 6.45) is -0.751. The highest BCUT2D eigenvalue weighted by atomic mass is 16.3. The summed E-state index contributed by atoms with van der Waals surface area (Å²) in [6, 6.07) is 32.3. The summed E-state index contributed by atoms with van der Waals surface area (Å²) in [5.74, 6) is -0.517. The Morgan fingerprint density at radius 2 is 1.26 bits per heavy atom. The minimum Gasteiger partial charge on any atom is -0.507 e. The maximum atomic E-state index is 12.5. The van der Waals surface area contributed by atoms with Gasteiger partial charge in [0.25, 0.3) is 0 Å². The van der Waals surface area contributed by atoms with Crippen molar-refractivity contribution < 1.29 is 28.4 Å². The number of hydrogen-bond acceptors (Lipinski definition) is 3. The van der Waals surface area contributed by atoms with Gasteiger partial charge in [0.2, 0.25) is 0 Å². The fourth-order valence-corrected chi connectivity index (χ4v) is 8.72. The quantitative estimate of drug-likeness (QED) is 0.149. The van der Waals surface area contributed by atoms with Crippen LogP contribution in [-0.2, 0) is 10.8 Å². The number of aromatic hydroxyl groups is 1. The Labute approximate surface area is 434 Å². The minimum atomic E-state index is -3.94. The van der Waals surface area contributed by atoms with Crippen molar-refractivity contribution in [3.63, 3.8) is 0 Å². The lowest BCUT2D eigenvalue weighted by Gasteiger charge is -2.21. The molecule has 0 saturated heterocycles. The Balaban J connectivity index is 1.37. The number of para-hydroxylation sites is 1. The molecule has 0 spiro atoms. The van der Waals surface area contributed by atoms with Crippen molar-refractivity contribution in [2.24, 2.45) is 0 Å². The molecule has 0 saturated carbocycles. The van der Waals surface area contributed by atoms with E-state index in [1.165, 1.54) is 0 Å². The lowest BCUT2D eigenvalue weighted by Crippen LogP contribution is -2.10. The van der Waals surface area contributed by atoms with Crippen molar-refractivity contribution in [3.8, 4) is 78.6 Å². The van der Waals surface area contributed by atoms with Crippen molar-refractivity contribution in [2.45, 2.75) is 111 Å². The minimum absolute atomic E-state index is 0.0609. The fraction of sp³-hybridized carbons (Fsp3) is 0.262. The summed E-state index contributed by atoms with van der Waals surface area (Å²) in [4.78, 5) is 9.98. The third-order valence-corrected chi connectivity index (χ3v) is 12.7. The van der Waals surface area contributed by atoms with Crippen LogP contribution in [-0.4, -0.2) is 19.6 Å². The van der Waals surface area contributed by atoms with Gasteiger partial charge in [-0.2, -0.15) is 0 Å². The molecule has 0 radical (unpaired) electrons. The third kappa shape index (κ3) is 9.42.